The summed E-state index contributed by atoms with van der Waals surface area (Å²) >= 11 is 1.40. The summed E-state index contributed by atoms with van der Waals surface area (Å²) in [5.74, 6) is -1.24. The van der Waals surface area contributed by atoms with E-state index in [2.05, 4.69) is 0 Å². The smallest absolute Gasteiger partial charge is 0.328 e. The molecule has 1 aliphatic heterocycles. The van der Waals surface area contributed by atoms with E-state index in [9.17, 15) is 9.59 Å². The fraction of sp³-hybridized carbons (Fsp3) is 0.500. The number of carbonyl (C=O) groups is 2. The molecule has 0 aliphatic carbocycles. The maximum absolute atomic E-state index is 12.3. The zero-order valence-corrected chi connectivity index (χ0v) is 11.1. The van der Waals surface area contributed by atoms with Gasteiger partial charge >= 0.3 is 5.97 Å². The number of carboxylic acids is 1. The molecule has 2 rings (SSSR count). The molecule has 0 radical (unpaired) electrons. The molecule has 0 aromatic carbocycles. The second-order valence-electron chi connectivity index (χ2n) is 4.28. The Kier molecular flexibility index (Phi) is 3.68. The second-order valence-corrected chi connectivity index (χ2v) is 5.53. The van der Waals surface area contributed by atoms with Gasteiger partial charge in [-0.25, -0.2) is 4.79 Å². The number of morpholine rings is 1. The lowest BCUT2D eigenvalue weighted by atomic mass is 10.2. The Balaban J connectivity index is 2.23. The van der Waals surface area contributed by atoms with Crippen LogP contribution in [-0.4, -0.2) is 47.7 Å². The van der Waals surface area contributed by atoms with Crippen LogP contribution < -0.4 is 0 Å². The summed E-state index contributed by atoms with van der Waals surface area (Å²) in [7, 11) is 0. The molecular weight excluding hydrogens is 254 g/mol. The van der Waals surface area contributed by atoms with E-state index in [1.54, 1.807) is 0 Å². The van der Waals surface area contributed by atoms with E-state index in [4.69, 9.17) is 9.84 Å². The number of aliphatic carboxylic acids is 1. The highest BCUT2D eigenvalue weighted by atomic mass is 32.1. The quantitative estimate of drug-likeness (QED) is 0.878. The van der Waals surface area contributed by atoms with Crippen LogP contribution in [0.15, 0.2) is 6.07 Å². The maximum atomic E-state index is 12.3. The van der Waals surface area contributed by atoms with Gasteiger partial charge in [0.1, 0.15) is 0 Å². The molecule has 1 aliphatic rings. The van der Waals surface area contributed by atoms with Crippen LogP contribution in [0.25, 0.3) is 0 Å². The summed E-state index contributed by atoms with van der Waals surface area (Å²) in [6, 6.07) is 0.936. The van der Waals surface area contributed by atoms with Gasteiger partial charge in [-0.15, -0.1) is 11.3 Å². The molecule has 1 fully saturated rings. The molecule has 18 heavy (non-hydrogen) atoms. The minimum atomic E-state index is -1.02. The summed E-state index contributed by atoms with van der Waals surface area (Å²) < 4.78 is 5.12. The number of nitrogens with zero attached hydrogens (tertiary/aromatic N) is 1. The highest BCUT2D eigenvalue weighted by molar-refractivity contribution is 7.14. The van der Waals surface area contributed by atoms with Gasteiger partial charge in [0, 0.05) is 11.4 Å². The third-order valence-corrected chi connectivity index (χ3v) is 4.19. The average Bonchev–Trinajstić information content (AvgIpc) is 2.68. The van der Waals surface area contributed by atoms with Crippen molar-refractivity contribution in [2.24, 2.45) is 0 Å². The summed E-state index contributed by atoms with van der Waals surface area (Å²) in [6.45, 7) is 4.66. The van der Waals surface area contributed by atoms with E-state index in [-0.39, 0.29) is 12.5 Å². The lowest BCUT2D eigenvalue weighted by Crippen LogP contribution is -2.52. The van der Waals surface area contributed by atoms with Gasteiger partial charge in [-0.1, -0.05) is 0 Å². The third kappa shape index (κ3) is 2.39. The molecule has 1 saturated heterocycles. The number of hydrogen-bond donors (Lipinski definition) is 1. The summed E-state index contributed by atoms with van der Waals surface area (Å²) in [4.78, 5) is 26.5. The number of rotatable bonds is 2. The van der Waals surface area contributed by atoms with Crippen molar-refractivity contribution in [3.63, 3.8) is 0 Å². The number of aryl methyl sites for hydroxylation is 2. The van der Waals surface area contributed by atoms with E-state index < -0.39 is 12.0 Å². The zero-order chi connectivity index (χ0) is 13.3. The molecule has 5 nitrogen and oxygen atoms in total. The second kappa shape index (κ2) is 5.07. The van der Waals surface area contributed by atoms with Crippen LogP contribution in [0.1, 0.15) is 20.1 Å². The molecular formula is C12H15NO4S. The number of carboxylic acid groups (broad SMARTS) is 1. The van der Waals surface area contributed by atoms with E-state index in [0.29, 0.717) is 18.0 Å². The molecule has 0 unspecified atom stereocenters. The summed E-state index contributed by atoms with van der Waals surface area (Å²) in [5.41, 5.74) is 1.06. The normalized spacial score (nSPS) is 19.9. The first kappa shape index (κ1) is 13.0. The first-order valence-corrected chi connectivity index (χ1v) is 6.51. The maximum Gasteiger partial charge on any atom is 0.328 e. The van der Waals surface area contributed by atoms with Gasteiger partial charge in [0.15, 0.2) is 6.04 Å². The van der Waals surface area contributed by atoms with Crippen molar-refractivity contribution in [2.45, 2.75) is 19.9 Å². The molecule has 1 amide bonds. The fourth-order valence-electron chi connectivity index (χ4n) is 1.87. The molecule has 2 heterocycles. The highest BCUT2D eigenvalue weighted by Gasteiger charge is 2.33. The lowest BCUT2D eigenvalue weighted by Gasteiger charge is -2.32. The molecule has 1 aromatic rings. The van der Waals surface area contributed by atoms with Gasteiger partial charge in [0.05, 0.1) is 18.1 Å². The summed E-state index contributed by atoms with van der Waals surface area (Å²) in [6.07, 6.45) is 0. The van der Waals surface area contributed by atoms with Crippen molar-refractivity contribution >= 4 is 23.2 Å². The van der Waals surface area contributed by atoms with Crippen LogP contribution in [0.4, 0.5) is 0 Å². The van der Waals surface area contributed by atoms with Crippen molar-refractivity contribution < 1.29 is 19.4 Å². The van der Waals surface area contributed by atoms with Gasteiger partial charge < -0.3 is 14.7 Å². The van der Waals surface area contributed by atoms with Crippen LogP contribution >= 0.6 is 11.3 Å². The lowest BCUT2D eigenvalue weighted by molar-refractivity contribution is -0.147. The van der Waals surface area contributed by atoms with Crippen molar-refractivity contribution in [3.05, 3.63) is 21.4 Å². The Morgan fingerprint density at radius 1 is 1.50 bits per heavy atom. The van der Waals surface area contributed by atoms with Gasteiger partial charge in [0.2, 0.25) is 0 Å². The minimum absolute atomic E-state index is 0.0599. The number of carbonyl (C=O) groups excluding carboxylic acids is 1. The predicted octanol–water partition coefficient (Wildman–Crippen LogP) is 1.29. The molecule has 1 aromatic heterocycles. The highest BCUT2D eigenvalue weighted by Crippen LogP contribution is 2.23. The monoisotopic (exact) mass is 269 g/mol. The molecule has 98 valence electrons. The Hall–Kier alpha value is -1.40. The number of thiophene rings is 1. The minimum Gasteiger partial charge on any atom is -0.480 e. The molecule has 1 atom stereocenters. The predicted molar refractivity (Wildman–Crippen MR) is 67.1 cm³/mol. The first-order valence-electron chi connectivity index (χ1n) is 5.69. The Bertz CT molecular complexity index is 463. The molecule has 6 heteroatoms. The van der Waals surface area contributed by atoms with Crippen LogP contribution in [0.5, 0.6) is 0 Å². The number of hydrogen-bond acceptors (Lipinski definition) is 4. The summed E-state index contributed by atoms with van der Waals surface area (Å²) in [5, 5.41) is 9.09. The standard InChI is InChI=1S/C12H15NO4S/c1-7-5-10(18-8(7)2)11(14)13-3-4-17-6-9(13)12(15)16/h5,9H,3-4,6H2,1-2H3,(H,15,16)/t9-/m1/s1. The average molecular weight is 269 g/mol. The van der Waals surface area contributed by atoms with E-state index in [0.717, 1.165) is 10.4 Å². The van der Waals surface area contributed by atoms with E-state index in [1.807, 2.05) is 19.9 Å². The van der Waals surface area contributed by atoms with Gasteiger partial charge in [-0.3, -0.25) is 4.79 Å². The largest absolute Gasteiger partial charge is 0.480 e. The Morgan fingerprint density at radius 2 is 2.22 bits per heavy atom. The van der Waals surface area contributed by atoms with Crippen LogP contribution in [-0.2, 0) is 9.53 Å². The zero-order valence-electron chi connectivity index (χ0n) is 10.3. The van der Waals surface area contributed by atoms with Crippen molar-refractivity contribution in [3.8, 4) is 0 Å². The Labute approximate surface area is 109 Å². The number of ether oxygens (including phenoxy) is 1. The number of amides is 1. The SMILES string of the molecule is Cc1cc(C(=O)N2CCOC[C@@H]2C(=O)O)sc1C. The molecule has 0 saturated carbocycles. The van der Waals surface area contributed by atoms with E-state index in [1.165, 1.54) is 16.2 Å². The van der Waals surface area contributed by atoms with Crippen LogP contribution in [0, 0.1) is 13.8 Å². The fourth-order valence-corrected chi connectivity index (χ4v) is 2.86. The van der Waals surface area contributed by atoms with Crippen molar-refractivity contribution in [1.29, 1.82) is 0 Å². The molecule has 1 N–H and O–H groups in total. The van der Waals surface area contributed by atoms with Gasteiger partial charge in [-0.05, 0) is 25.5 Å². The Morgan fingerprint density at radius 3 is 2.78 bits per heavy atom. The van der Waals surface area contributed by atoms with Crippen molar-refractivity contribution in [2.75, 3.05) is 19.8 Å². The third-order valence-electron chi connectivity index (χ3n) is 3.05. The van der Waals surface area contributed by atoms with Gasteiger partial charge in [0.25, 0.3) is 5.91 Å². The topological polar surface area (TPSA) is 66.8 Å². The molecule has 0 bridgehead atoms. The van der Waals surface area contributed by atoms with Crippen LogP contribution in [0.3, 0.4) is 0 Å². The van der Waals surface area contributed by atoms with Gasteiger partial charge in [-0.2, -0.15) is 0 Å². The van der Waals surface area contributed by atoms with Crippen molar-refractivity contribution in [1.82, 2.24) is 4.90 Å². The van der Waals surface area contributed by atoms with E-state index >= 15 is 0 Å². The van der Waals surface area contributed by atoms with Crippen LogP contribution in [0.2, 0.25) is 0 Å². The molecule has 0 spiro atoms. The first-order chi connectivity index (χ1) is 8.50.